The molecule has 1 fully saturated rings. The maximum atomic E-state index is 12.3. The lowest BCUT2D eigenvalue weighted by Crippen LogP contribution is -2.43. The Morgan fingerprint density at radius 3 is 2.78 bits per heavy atom. The first-order chi connectivity index (χ1) is 13.1. The molecule has 138 valence electrons. The molecule has 1 amide bonds. The van der Waals surface area contributed by atoms with Gasteiger partial charge in [-0.3, -0.25) is 9.69 Å². The molecular formula is C20H19ClN4O2. The number of likely N-dealkylation sites (tertiary alicyclic amines) is 1. The van der Waals surface area contributed by atoms with Crippen molar-refractivity contribution < 1.29 is 9.32 Å². The zero-order valence-corrected chi connectivity index (χ0v) is 15.4. The number of hydrogen-bond donors (Lipinski definition) is 1. The fourth-order valence-corrected chi connectivity index (χ4v) is 3.81. The summed E-state index contributed by atoms with van der Waals surface area (Å²) >= 11 is 6.02. The van der Waals surface area contributed by atoms with E-state index in [4.69, 9.17) is 21.9 Å². The van der Waals surface area contributed by atoms with Gasteiger partial charge < -0.3 is 10.3 Å². The van der Waals surface area contributed by atoms with Crippen molar-refractivity contribution in [1.29, 1.82) is 0 Å². The first-order valence-electron chi connectivity index (χ1n) is 8.73. The van der Waals surface area contributed by atoms with Gasteiger partial charge in [0.2, 0.25) is 17.6 Å². The number of carbonyl (C=O) groups is 1. The highest BCUT2D eigenvalue weighted by Gasteiger charge is 2.44. The molecule has 7 heteroatoms. The summed E-state index contributed by atoms with van der Waals surface area (Å²) < 4.78 is 5.39. The van der Waals surface area contributed by atoms with Crippen LogP contribution in [0.2, 0.25) is 5.02 Å². The van der Waals surface area contributed by atoms with Crippen LogP contribution in [0, 0.1) is 0 Å². The van der Waals surface area contributed by atoms with Gasteiger partial charge >= 0.3 is 0 Å². The Balaban J connectivity index is 1.51. The lowest BCUT2D eigenvalue weighted by molar-refractivity contribution is -0.123. The fraction of sp³-hybridized carbons (Fsp3) is 0.250. The molecule has 1 saturated heterocycles. The second kappa shape index (κ2) is 7.13. The van der Waals surface area contributed by atoms with Gasteiger partial charge in [-0.25, -0.2) is 0 Å². The minimum atomic E-state index is -0.683. The molecule has 27 heavy (non-hydrogen) atoms. The first-order valence-corrected chi connectivity index (χ1v) is 9.11. The quantitative estimate of drug-likeness (QED) is 0.733. The fourth-order valence-electron chi connectivity index (χ4n) is 3.62. The predicted molar refractivity (Wildman–Crippen MR) is 102 cm³/mol. The minimum absolute atomic E-state index is 0.304. The van der Waals surface area contributed by atoms with Gasteiger partial charge in [0.25, 0.3) is 0 Å². The van der Waals surface area contributed by atoms with Gasteiger partial charge in [0, 0.05) is 23.7 Å². The van der Waals surface area contributed by atoms with Gasteiger partial charge in [-0.1, -0.05) is 59.2 Å². The van der Waals surface area contributed by atoms with Crippen molar-refractivity contribution in [3.05, 3.63) is 71.1 Å². The van der Waals surface area contributed by atoms with Crippen LogP contribution in [-0.4, -0.2) is 34.0 Å². The van der Waals surface area contributed by atoms with Gasteiger partial charge in [-0.15, -0.1) is 0 Å². The number of nitrogens with zero attached hydrogens (tertiary/aromatic N) is 3. The molecule has 1 aliphatic rings. The number of benzene rings is 2. The summed E-state index contributed by atoms with van der Waals surface area (Å²) in [6, 6.07) is 17.0. The molecule has 4 rings (SSSR count). The highest BCUT2D eigenvalue weighted by Crippen LogP contribution is 2.35. The molecule has 6 nitrogen and oxygen atoms in total. The van der Waals surface area contributed by atoms with Crippen molar-refractivity contribution in [2.45, 2.75) is 18.4 Å². The third kappa shape index (κ3) is 3.46. The Kier molecular flexibility index (Phi) is 4.68. The molecule has 3 aromatic rings. The summed E-state index contributed by atoms with van der Waals surface area (Å²) in [5.74, 6) is 0.690. The molecule has 0 aliphatic carbocycles. The van der Waals surface area contributed by atoms with Crippen LogP contribution in [0.1, 0.15) is 17.9 Å². The number of nitrogens with two attached hydrogens (primary N) is 1. The summed E-state index contributed by atoms with van der Waals surface area (Å²) in [5.41, 5.74) is 6.85. The summed E-state index contributed by atoms with van der Waals surface area (Å²) in [5, 5.41) is 4.65. The van der Waals surface area contributed by atoms with Gasteiger partial charge in [0.05, 0.1) is 12.0 Å². The highest BCUT2D eigenvalue weighted by atomic mass is 35.5. The molecule has 2 aromatic carbocycles. The van der Waals surface area contributed by atoms with Crippen molar-refractivity contribution in [1.82, 2.24) is 15.0 Å². The van der Waals surface area contributed by atoms with Crippen LogP contribution in [0.5, 0.6) is 0 Å². The molecular weight excluding hydrogens is 364 g/mol. The van der Waals surface area contributed by atoms with Gasteiger partial charge in [-0.05, 0) is 24.1 Å². The highest BCUT2D eigenvalue weighted by molar-refractivity contribution is 6.30. The average Bonchev–Trinajstić information content (AvgIpc) is 3.31. The van der Waals surface area contributed by atoms with Gasteiger partial charge in [0.15, 0.2) is 0 Å². The lowest BCUT2D eigenvalue weighted by atomic mass is 9.79. The normalized spacial score (nSPS) is 20.0. The Morgan fingerprint density at radius 1 is 1.22 bits per heavy atom. The van der Waals surface area contributed by atoms with Crippen LogP contribution in [-0.2, 0) is 16.8 Å². The number of carbonyl (C=O) groups excluding carboxylic acids is 1. The number of hydrogen-bond acceptors (Lipinski definition) is 5. The molecule has 0 spiro atoms. The number of halogens is 1. The van der Waals surface area contributed by atoms with E-state index in [9.17, 15) is 4.79 Å². The molecule has 1 atom stereocenters. The van der Waals surface area contributed by atoms with E-state index in [-0.39, 0.29) is 5.91 Å². The zero-order chi connectivity index (χ0) is 18.9. The van der Waals surface area contributed by atoms with Crippen LogP contribution in [0.25, 0.3) is 11.4 Å². The summed E-state index contributed by atoms with van der Waals surface area (Å²) in [4.78, 5) is 18.8. The summed E-state index contributed by atoms with van der Waals surface area (Å²) in [6.45, 7) is 1.73. The van der Waals surface area contributed by atoms with Crippen molar-refractivity contribution in [2.75, 3.05) is 13.1 Å². The molecule has 2 heterocycles. The van der Waals surface area contributed by atoms with Gasteiger partial charge in [0.1, 0.15) is 0 Å². The van der Waals surface area contributed by atoms with E-state index in [0.29, 0.717) is 36.2 Å². The van der Waals surface area contributed by atoms with E-state index in [2.05, 4.69) is 15.0 Å². The predicted octanol–water partition coefficient (Wildman–Crippen LogP) is 3.02. The van der Waals surface area contributed by atoms with E-state index in [1.165, 1.54) is 0 Å². The van der Waals surface area contributed by atoms with Crippen LogP contribution in [0.3, 0.4) is 0 Å². The van der Waals surface area contributed by atoms with Crippen molar-refractivity contribution in [2.24, 2.45) is 5.73 Å². The standard InChI is InChI=1S/C20H19ClN4O2/c21-16-8-4-5-14(11-16)18-23-17(27-24-18)12-25-10-9-20(13-25,19(22)26)15-6-2-1-3-7-15/h1-8,11H,9-10,12-13H2,(H2,22,26). The second-order valence-corrected chi connectivity index (χ2v) is 7.23. The van der Waals surface area contributed by atoms with E-state index < -0.39 is 5.41 Å². The molecule has 0 radical (unpaired) electrons. The smallest absolute Gasteiger partial charge is 0.241 e. The van der Waals surface area contributed by atoms with Crippen LogP contribution >= 0.6 is 11.6 Å². The maximum absolute atomic E-state index is 12.3. The largest absolute Gasteiger partial charge is 0.369 e. The first kappa shape index (κ1) is 17.7. The molecule has 2 N–H and O–H groups in total. The third-order valence-corrected chi connectivity index (χ3v) is 5.29. The molecule has 1 unspecified atom stereocenters. The van der Waals surface area contributed by atoms with E-state index in [1.807, 2.05) is 42.5 Å². The monoisotopic (exact) mass is 382 g/mol. The van der Waals surface area contributed by atoms with Crippen LogP contribution in [0.15, 0.2) is 59.1 Å². The maximum Gasteiger partial charge on any atom is 0.241 e. The van der Waals surface area contributed by atoms with Crippen LogP contribution < -0.4 is 5.73 Å². The molecule has 0 bridgehead atoms. The minimum Gasteiger partial charge on any atom is -0.369 e. The lowest BCUT2D eigenvalue weighted by Gasteiger charge is -2.26. The molecule has 1 aromatic heterocycles. The SMILES string of the molecule is NC(=O)C1(c2ccccc2)CCN(Cc2nc(-c3cccc(Cl)c3)no2)C1. The van der Waals surface area contributed by atoms with E-state index in [1.54, 1.807) is 12.1 Å². The van der Waals surface area contributed by atoms with Crippen molar-refractivity contribution >= 4 is 17.5 Å². The summed E-state index contributed by atoms with van der Waals surface area (Å²) in [6.07, 6.45) is 0.668. The Bertz CT molecular complexity index is 959. The Hall–Kier alpha value is -2.70. The number of primary amides is 1. The van der Waals surface area contributed by atoms with Crippen LogP contribution in [0.4, 0.5) is 0 Å². The topological polar surface area (TPSA) is 85.3 Å². The van der Waals surface area contributed by atoms with Crippen molar-refractivity contribution in [3.8, 4) is 11.4 Å². The van der Waals surface area contributed by atoms with Gasteiger partial charge in [-0.2, -0.15) is 4.98 Å². The Morgan fingerprint density at radius 2 is 2.04 bits per heavy atom. The Labute approximate surface area is 161 Å². The number of amides is 1. The molecule has 0 saturated carbocycles. The molecule has 1 aliphatic heterocycles. The van der Waals surface area contributed by atoms with E-state index >= 15 is 0 Å². The zero-order valence-electron chi connectivity index (χ0n) is 14.6. The number of rotatable bonds is 5. The number of aromatic nitrogens is 2. The third-order valence-electron chi connectivity index (χ3n) is 5.06. The second-order valence-electron chi connectivity index (χ2n) is 6.80. The van der Waals surface area contributed by atoms with Crippen molar-refractivity contribution in [3.63, 3.8) is 0 Å². The average molecular weight is 383 g/mol. The summed E-state index contributed by atoms with van der Waals surface area (Å²) in [7, 11) is 0. The van der Waals surface area contributed by atoms with E-state index in [0.717, 1.165) is 17.7 Å².